The summed E-state index contributed by atoms with van der Waals surface area (Å²) in [5.74, 6) is -4.98. The van der Waals surface area contributed by atoms with Gasteiger partial charge in [0.1, 0.15) is 11.6 Å². The average molecular weight is 494 g/mol. The zero-order chi connectivity index (χ0) is 24.9. The Hall–Kier alpha value is -2.11. The number of rotatable bonds is 8. The van der Waals surface area contributed by atoms with Crippen LogP contribution in [0.3, 0.4) is 0 Å². The number of ether oxygens (including phenoxy) is 1. The summed E-state index contributed by atoms with van der Waals surface area (Å²) in [6.45, 7) is 2.26. The Labute approximate surface area is 205 Å². The highest BCUT2D eigenvalue weighted by molar-refractivity contribution is 5.38. The molecule has 0 aliphatic heterocycles. The van der Waals surface area contributed by atoms with Crippen LogP contribution in [0.25, 0.3) is 0 Å². The molecule has 0 saturated heterocycles. The van der Waals surface area contributed by atoms with Gasteiger partial charge in [0.25, 0.3) is 0 Å². The number of halogens is 5. The third-order valence-corrected chi connectivity index (χ3v) is 8.10. The molecule has 2 aromatic carbocycles. The molecule has 35 heavy (non-hydrogen) atoms. The van der Waals surface area contributed by atoms with E-state index in [9.17, 15) is 17.6 Å². The van der Waals surface area contributed by atoms with E-state index in [1.54, 1.807) is 0 Å². The van der Waals surface area contributed by atoms with Crippen LogP contribution in [0.4, 0.5) is 22.0 Å². The van der Waals surface area contributed by atoms with Crippen molar-refractivity contribution >= 4 is 0 Å². The fourth-order valence-electron chi connectivity index (χ4n) is 6.08. The summed E-state index contributed by atoms with van der Waals surface area (Å²) in [5.41, 5.74) is -0.0606. The highest BCUT2D eigenvalue weighted by Crippen LogP contribution is 2.43. The van der Waals surface area contributed by atoms with Crippen molar-refractivity contribution < 1.29 is 26.7 Å². The SMILES string of the molecule is CCC[C@H]1CC[C@H](CCC2CCC(c3c(F)c[c]c(Oc4cc(F)c(F)c(F)c4)c3F)CC2)CC1. The van der Waals surface area contributed by atoms with Gasteiger partial charge < -0.3 is 4.74 Å². The van der Waals surface area contributed by atoms with Gasteiger partial charge in [0.05, 0.1) is 0 Å². The normalized spacial score (nSPS) is 25.0. The summed E-state index contributed by atoms with van der Waals surface area (Å²) in [6.07, 6.45) is 13.7. The second-order valence-electron chi connectivity index (χ2n) is 10.5. The Balaban J connectivity index is 1.33. The van der Waals surface area contributed by atoms with Gasteiger partial charge in [0.15, 0.2) is 29.0 Å². The minimum atomic E-state index is -1.64. The Kier molecular flexibility index (Phi) is 8.72. The van der Waals surface area contributed by atoms with Crippen LogP contribution in [-0.2, 0) is 0 Å². The van der Waals surface area contributed by atoms with E-state index in [2.05, 4.69) is 13.0 Å². The molecule has 0 amide bonds. The molecule has 0 aromatic heterocycles. The molecule has 0 atom stereocenters. The van der Waals surface area contributed by atoms with Crippen LogP contribution in [0.1, 0.15) is 95.5 Å². The van der Waals surface area contributed by atoms with Crippen molar-refractivity contribution in [3.8, 4) is 11.5 Å². The predicted octanol–water partition coefficient (Wildman–Crippen LogP) is 9.64. The average Bonchev–Trinajstić information content (AvgIpc) is 2.85. The summed E-state index contributed by atoms with van der Waals surface area (Å²) in [5, 5.41) is 0. The smallest absolute Gasteiger partial charge is 0.194 e. The quantitative estimate of drug-likeness (QED) is 0.263. The maximum absolute atomic E-state index is 15.2. The third kappa shape index (κ3) is 6.37. The molecule has 2 aromatic rings. The van der Waals surface area contributed by atoms with Crippen molar-refractivity contribution in [2.45, 2.75) is 89.9 Å². The second kappa shape index (κ2) is 11.7. The molecule has 0 spiro atoms. The molecule has 2 aliphatic rings. The maximum atomic E-state index is 15.2. The molecule has 0 N–H and O–H groups in total. The first-order valence-corrected chi connectivity index (χ1v) is 13.1. The van der Waals surface area contributed by atoms with E-state index >= 15 is 4.39 Å². The maximum Gasteiger partial charge on any atom is 0.194 e. The first-order chi connectivity index (χ1) is 16.9. The lowest BCUT2D eigenvalue weighted by Crippen LogP contribution is -2.18. The molecule has 2 saturated carbocycles. The van der Waals surface area contributed by atoms with E-state index < -0.39 is 40.6 Å². The first kappa shape index (κ1) is 26.0. The van der Waals surface area contributed by atoms with Crippen LogP contribution in [0, 0.1) is 52.9 Å². The van der Waals surface area contributed by atoms with Crippen molar-refractivity contribution in [3.63, 3.8) is 0 Å². The Morgan fingerprint density at radius 2 is 1.23 bits per heavy atom. The van der Waals surface area contributed by atoms with Gasteiger partial charge in [-0.2, -0.15) is 0 Å². The van der Waals surface area contributed by atoms with Crippen LogP contribution in [0.5, 0.6) is 11.5 Å². The fourth-order valence-corrected chi connectivity index (χ4v) is 6.08. The molecule has 6 heteroatoms. The van der Waals surface area contributed by atoms with Crippen LogP contribution < -0.4 is 4.74 Å². The van der Waals surface area contributed by atoms with E-state index in [-0.39, 0.29) is 11.5 Å². The van der Waals surface area contributed by atoms with Gasteiger partial charge in [-0.05, 0) is 55.4 Å². The Morgan fingerprint density at radius 1 is 0.714 bits per heavy atom. The van der Waals surface area contributed by atoms with Crippen molar-refractivity contribution in [1.82, 2.24) is 0 Å². The van der Waals surface area contributed by atoms with Gasteiger partial charge in [-0.3, -0.25) is 0 Å². The lowest BCUT2D eigenvalue weighted by Gasteiger charge is -2.32. The zero-order valence-corrected chi connectivity index (χ0v) is 20.3. The molecule has 0 unspecified atom stereocenters. The summed E-state index contributed by atoms with van der Waals surface area (Å²) < 4.78 is 75.2. The van der Waals surface area contributed by atoms with Gasteiger partial charge in [-0.25, -0.2) is 22.0 Å². The summed E-state index contributed by atoms with van der Waals surface area (Å²) in [6, 6.07) is 4.59. The molecule has 1 nitrogen and oxygen atoms in total. The molecule has 2 aliphatic carbocycles. The van der Waals surface area contributed by atoms with Gasteiger partial charge in [0, 0.05) is 23.8 Å². The Bertz CT molecular complexity index is 968. The van der Waals surface area contributed by atoms with Gasteiger partial charge >= 0.3 is 0 Å². The lowest BCUT2D eigenvalue weighted by atomic mass is 9.74. The van der Waals surface area contributed by atoms with E-state index in [4.69, 9.17) is 4.74 Å². The van der Waals surface area contributed by atoms with Crippen molar-refractivity contribution in [3.05, 3.63) is 58.9 Å². The van der Waals surface area contributed by atoms with E-state index in [1.165, 1.54) is 51.4 Å². The van der Waals surface area contributed by atoms with Crippen molar-refractivity contribution in [1.29, 1.82) is 0 Å². The molecule has 191 valence electrons. The second-order valence-corrected chi connectivity index (χ2v) is 10.5. The highest BCUT2D eigenvalue weighted by atomic mass is 19.2. The molecular weight excluding hydrogens is 459 g/mol. The molecule has 0 heterocycles. The topological polar surface area (TPSA) is 9.23 Å². The van der Waals surface area contributed by atoms with Gasteiger partial charge in [0.2, 0.25) is 0 Å². The number of hydrogen-bond donors (Lipinski definition) is 0. The molecule has 2 fully saturated rings. The summed E-state index contributed by atoms with van der Waals surface area (Å²) >= 11 is 0. The first-order valence-electron chi connectivity index (χ1n) is 13.1. The highest BCUT2D eigenvalue weighted by Gasteiger charge is 2.29. The predicted molar refractivity (Wildman–Crippen MR) is 126 cm³/mol. The summed E-state index contributed by atoms with van der Waals surface area (Å²) in [7, 11) is 0. The van der Waals surface area contributed by atoms with Crippen LogP contribution in [-0.4, -0.2) is 0 Å². The third-order valence-electron chi connectivity index (χ3n) is 8.10. The van der Waals surface area contributed by atoms with Crippen molar-refractivity contribution in [2.24, 2.45) is 17.8 Å². The standard InChI is InChI=1S/C29H34F5O/c1-2-3-18-4-6-19(7-5-18)8-9-20-10-12-21(13-11-20)27-23(30)14-15-26(29(27)34)35-22-16-24(31)28(33)25(32)17-22/h14,16-21H,2-13H2,1H3/t18-,19-,20?,21?. The molecule has 1 radical (unpaired) electrons. The fraction of sp³-hybridized carbons (Fsp3) is 0.586. The minimum Gasteiger partial charge on any atom is -0.453 e. The van der Waals surface area contributed by atoms with Gasteiger partial charge in [-0.1, -0.05) is 58.3 Å². The van der Waals surface area contributed by atoms with E-state index in [0.29, 0.717) is 30.9 Å². The molecule has 4 rings (SSSR count). The molecular formula is C29H34F5O. The summed E-state index contributed by atoms with van der Waals surface area (Å²) in [4.78, 5) is 0. The number of hydrogen-bond acceptors (Lipinski definition) is 1. The monoisotopic (exact) mass is 493 g/mol. The molecule has 0 bridgehead atoms. The van der Waals surface area contributed by atoms with Crippen LogP contribution >= 0.6 is 0 Å². The van der Waals surface area contributed by atoms with E-state index in [0.717, 1.165) is 30.7 Å². The Morgan fingerprint density at radius 3 is 1.77 bits per heavy atom. The van der Waals surface area contributed by atoms with Crippen molar-refractivity contribution in [2.75, 3.05) is 0 Å². The van der Waals surface area contributed by atoms with Crippen LogP contribution in [0.2, 0.25) is 0 Å². The lowest BCUT2D eigenvalue weighted by molar-refractivity contribution is 0.223. The number of benzene rings is 2. The minimum absolute atomic E-state index is 0.0606. The zero-order valence-electron chi connectivity index (χ0n) is 20.3. The van der Waals surface area contributed by atoms with Crippen LogP contribution in [0.15, 0.2) is 18.2 Å². The largest absolute Gasteiger partial charge is 0.453 e. The van der Waals surface area contributed by atoms with Gasteiger partial charge in [-0.15, -0.1) is 0 Å². The van der Waals surface area contributed by atoms with E-state index in [1.807, 2.05) is 0 Å².